The molecule has 0 fully saturated rings. The molecule has 8 heavy (non-hydrogen) atoms. The lowest BCUT2D eigenvalue weighted by atomic mass is 28.8. The van der Waals surface area contributed by atoms with Crippen molar-refractivity contribution in [3.05, 3.63) is 0 Å². The minimum absolute atomic E-state index is 0.0885. The van der Waals surface area contributed by atoms with Crippen LogP contribution in [0.15, 0.2) is 0 Å². The van der Waals surface area contributed by atoms with Crippen LogP contribution in [0.2, 0.25) is 0 Å². The van der Waals surface area contributed by atoms with E-state index in [9.17, 15) is 0 Å². The van der Waals surface area contributed by atoms with Crippen molar-refractivity contribution in [3.63, 3.8) is 0 Å². The summed E-state index contributed by atoms with van der Waals surface area (Å²) in [6, 6.07) is 0. The van der Waals surface area contributed by atoms with Crippen LogP contribution in [-0.2, 0) is 0 Å². The molecule has 0 heterocycles. The first-order valence-electron chi connectivity index (χ1n) is 1.66. The lowest BCUT2D eigenvalue weighted by Gasteiger charge is -2.29. The van der Waals surface area contributed by atoms with Gasteiger partial charge in [-0.15, -0.1) is 35.7 Å². The van der Waals surface area contributed by atoms with E-state index in [1.54, 1.807) is 0 Å². The molecule has 4 unspecified atom stereocenters. The average Bonchev–Trinajstić information content (AvgIpc) is 1.64. The van der Waals surface area contributed by atoms with Crippen molar-refractivity contribution in [1.82, 2.24) is 0 Å². The smallest absolute Gasteiger partial charge is 0.0691 e. The second kappa shape index (κ2) is 6.01. The van der Waals surface area contributed by atoms with E-state index in [2.05, 4.69) is 44.6 Å². The Morgan fingerprint density at radius 2 is 1.12 bits per heavy atom. The Bertz CT molecular complexity index is 45.1. The van der Waals surface area contributed by atoms with E-state index < -0.39 is 0 Å². The Labute approximate surface area is 65.8 Å². The Morgan fingerprint density at radius 1 is 0.875 bits per heavy atom. The van der Waals surface area contributed by atoms with Gasteiger partial charge in [0.1, 0.15) is 0 Å². The van der Waals surface area contributed by atoms with Gasteiger partial charge in [0.25, 0.3) is 0 Å². The van der Waals surface area contributed by atoms with Gasteiger partial charge in [0.2, 0.25) is 0 Å². The highest BCUT2D eigenvalue weighted by atomic mass is 33.1. The second-order valence-corrected chi connectivity index (χ2v) is 28.3. The zero-order chi connectivity index (χ0) is 6.73. The van der Waals surface area contributed by atoms with Gasteiger partial charge in [0.05, 0.1) is 0 Å². The molecule has 4 atom stereocenters. The summed E-state index contributed by atoms with van der Waals surface area (Å²) in [5, 5.41) is 0. The molecular formula is H9P8-. The van der Waals surface area contributed by atoms with Gasteiger partial charge < -0.3 is 8.93 Å². The van der Waals surface area contributed by atoms with Gasteiger partial charge in [-0.25, -0.2) is 6.99 Å². The molecule has 0 rings (SSSR count). The minimum Gasteiger partial charge on any atom is -0.515 e. The van der Waals surface area contributed by atoms with Gasteiger partial charge in [-0.1, -0.05) is 14.0 Å². The molecule has 0 spiro atoms. The van der Waals surface area contributed by atoms with Crippen molar-refractivity contribution in [2.75, 3.05) is 0 Å². The number of hydrogen-bond donors (Lipinski definition) is 0. The van der Waals surface area contributed by atoms with Gasteiger partial charge in [0, 0.05) is 0 Å². The third kappa shape index (κ3) is 5.14. The van der Waals surface area contributed by atoms with Gasteiger partial charge in [-0.2, -0.15) is 0 Å². The van der Waals surface area contributed by atoms with Gasteiger partial charge in [-0.3, -0.25) is 0 Å². The predicted octanol–water partition coefficient (Wildman–Crippen LogP) is 4.48. The van der Waals surface area contributed by atoms with Crippen LogP contribution in [0.3, 0.4) is 0 Å². The summed E-state index contributed by atoms with van der Waals surface area (Å²) in [5.74, 6) is 0. The lowest BCUT2D eigenvalue weighted by molar-refractivity contribution is 4.79. The van der Waals surface area contributed by atoms with Crippen LogP contribution in [0.4, 0.5) is 0 Å². The van der Waals surface area contributed by atoms with Crippen LogP contribution in [0.1, 0.15) is 0 Å². The molecule has 0 saturated heterocycles. The van der Waals surface area contributed by atoms with Crippen molar-refractivity contribution < 1.29 is 0 Å². The normalized spacial score (nSPS) is 12.0. The zero-order valence-corrected chi connectivity index (χ0v) is 12.5. The minimum atomic E-state index is 0.0885. The van der Waals surface area contributed by atoms with E-state index >= 15 is 0 Å². The maximum Gasteiger partial charge on any atom is -0.0691 e. The standard InChI is InChI=1S/H9P8/c1-6(2)8(5)7(3)4/h5H,1-4H2/q-1. The second-order valence-electron chi connectivity index (χ2n) is 1.05. The fourth-order valence-corrected chi connectivity index (χ4v) is 29.0. The van der Waals surface area contributed by atoms with Crippen molar-refractivity contribution in [2.24, 2.45) is 0 Å². The molecule has 0 aliphatic rings. The molecule has 0 radical (unpaired) electrons. The van der Waals surface area contributed by atoms with E-state index in [0.717, 1.165) is 0 Å². The molecule has 0 aromatic rings. The molecule has 0 aromatic carbocycles. The summed E-state index contributed by atoms with van der Waals surface area (Å²) in [7, 11) is 15.0. The fraction of sp³-hybridized carbons (Fsp3) is 0. The molecule has 0 amide bonds. The lowest BCUT2D eigenvalue weighted by Crippen LogP contribution is -1.27. The van der Waals surface area contributed by atoms with E-state index in [-0.39, 0.29) is 21.0 Å². The molecule has 8 heteroatoms. The first-order valence-corrected chi connectivity index (χ1v) is 14.9. The highest BCUT2D eigenvalue weighted by Gasteiger charge is 2.00. The Morgan fingerprint density at radius 3 is 1.12 bits per heavy atom. The molecule has 0 bridgehead atoms. The zero-order valence-electron chi connectivity index (χ0n) is 4.15. The molecule has 0 aromatic heterocycles. The Hall–Kier alpha value is 3.44. The van der Waals surface area contributed by atoms with Crippen molar-refractivity contribution in [3.8, 4) is 0 Å². The average molecular weight is 257 g/mol. The quantitative estimate of drug-likeness (QED) is 0.639. The molecule has 0 nitrogen and oxygen atoms in total. The molecule has 0 N–H and O–H groups in total. The first kappa shape index (κ1) is 11.4. The van der Waals surface area contributed by atoms with Crippen molar-refractivity contribution in [2.45, 2.75) is 0 Å². The third-order valence-electron chi connectivity index (χ3n) is 0.437. The molecule has 50 valence electrons. The third-order valence-corrected chi connectivity index (χ3v) is 35.4. The predicted molar refractivity (Wildman–Crippen MR) is 67.9 cm³/mol. The molecule has 0 saturated carbocycles. The van der Waals surface area contributed by atoms with Crippen LogP contribution >= 0.6 is 65.6 Å². The van der Waals surface area contributed by atoms with E-state index in [1.807, 2.05) is 0 Å². The van der Waals surface area contributed by atoms with E-state index in [4.69, 9.17) is 0 Å². The SMILES string of the molecule is [PH-]P(P(P)P)P(P)P. The summed E-state index contributed by atoms with van der Waals surface area (Å²) >= 11 is 0. The highest BCUT2D eigenvalue weighted by Crippen LogP contribution is 3.00. The van der Waals surface area contributed by atoms with Crippen LogP contribution in [0, 0.1) is 0 Å². The van der Waals surface area contributed by atoms with E-state index in [0.29, 0.717) is 0 Å². The molecule has 0 aliphatic carbocycles. The fourth-order valence-electron chi connectivity index (χ4n) is 0.119. The van der Waals surface area contributed by atoms with Crippen molar-refractivity contribution in [1.29, 1.82) is 0 Å². The summed E-state index contributed by atoms with van der Waals surface area (Å²) < 4.78 is 0. The van der Waals surface area contributed by atoms with Crippen LogP contribution in [0.25, 0.3) is 0 Å². The van der Waals surface area contributed by atoms with Gasteiger partial charge in [-0.05, 0) is 0 Å². The number of hydrogen-bond acceptors (Lipinski definition) is 0. The molecule has 0 aliphatic heterocycles. The summed E-state index contributed by atoms with van der Waals surface area (Å²) in [6.45, 7) is 0.284. The van der Waals surface area contributed by atoms with Crippen molar-refractivity contribution >= 4 is 65.6 Å². The summed E-state index contributed by atoms with van der Waals surface area (Å²) in [4.78, 5) is 0. The van der Waals surface area contributed by atoms with Gasteiger partial charge >= 0.3 is 0 Å². The van der Waals surface area contributed by atoms with Crippen LogP contribution < -0.4 is 0 Å². The molecular weight excluding hydrogens is 248 g/mol. The van der Waals surface area contributed by atoms with Crippen LogP contribution in [-0.4, -0.2) is 0 Å². The Kier molecular flexibility index (Phi) is 8.60. The summed E-state index contributed by atoms with van der Waals surface area (Å²) in [5.41, 5.74) is 0. The first-order chi connectivity index (χ1) is 3.55. The van der Waals surface area contributed by atoms with E-state index in [1.165, 1.54) is 0 Å². The topological polar surface area (TPSA) is 0 Å². The highest BCUT2D eigenvalue weighted by molar-refractivity contribution is 9.06. The van der Waals surface area contributed by atoms with Gasteiger partial charge in [0.15, 0.2) is 0 Å². The Balaban J connectivity index is 3.46. The maximum atomic E-state index is 3.69. The maximum absolute atomic E-state index is 3.69. The largest absolute Gasteiger partial charge is 0.515 e. The van der Waals surface area contributed by atoms with Crippen LogP contribution in [0.5, 0.6) is 0 Å². The number of rotatable bonds is 2. The summed E-state index contributed by atoms with van der Waals surface area (Å²) in [6.07, 6.45) is 0. The monoisotopic (exact) mass is 257 g/mol.